The summed E-state index contributed by atoms with van der Waals surface area (Å²) in [6.07, 6.45) is 0.806. The molecule has 0 aromatic rings. The highest BCUT2D eigenvalue weighted by molar-refractivity contribution is 5.76. The van der Waals surface area contributed by atoms with Crippen LogP contribution >= 0.6 is 0 Å². The lowest BCUT2D eigenvalue weighted by Gasteiger charge is -2.30. The van der Waals surface area contributed by atoms with Gasteiger partial charge < -0.3 is 24.6 Å². The molecule has 1 N–H and O–H groups in total. The van der Waals surface area contributed by atoms with Crippen molar-refractivity contribution < 1.29 is 14.3 Å². The van der Waals surface area contributed by atoms with Gasteiger partial charge in [0.2, 0.25) is 5.91 Å². The van der Waals surface area contributed by atoms with E-state index in [1.807, 2.05) is 4.90 Å². The Hall–Kier alpha value is -0.690. The van der Waals surface area contributed by atoms with Crippen molar-refractivity contribution in [3.8, 4) is 0 Å². The molecular weight excluding hydrogens is 246 g/mol. The number of nitrogens with zero attached hydrogens (tertiary/aromatic N) is 2. The summed E-state index contributed by atoms with van der Waals surface area (Å²) in [6, 6.07) is 0. The predicted octanol–water partition coefficient (Wildman–Crippen LogP) is -0.844. The maximum Gasteiger partial charge on any atom is 0.224 e. The topological polar surface area (TPSA) is 54.0 Å². The third-order valence-corrected chi connectivity index (χ3v) is 3.59. The monoisotopic (exact) mass is 271 g/mol. The van der Waals surface area contributed by atoms with Gasteiger partial charge in [-0.05, 0) is 7.05 Å². The lowest BCUT2D eigenvalue weighted by atomic mass is 10.2. The van der Waals surface area contributed by atoms with Crippen LogP contribution in [0.1, 0.15) is 6.42 Å². The molecule has 0 unspecified atom stereocenters. The Balaban J connectivity index is 1.54. The van der Waals surface area contributed by atoms with Crippen molar-refractivity contribution in [1.29, 1.82) is 0 Å². The van der Waals surface area contributed by atoms with Crippen molar-refractivity contribution >= 4 is 5.91 Å². The van der Waals surface area contributed by atoms with Gasteiger partial charge in [-0.25, -0.2) is 0 Å². The highest BCUT2D eigenvalue weighted by Crippen LogP contribution is 2.02. The number of hydrogen-bond acceptors (Lipinski definition) is 5. The summed E-state index contributed by atoms with van der Waals surface area (Å²) in [5.41, 5.74) is 0. The summed E-state index contributed by atoms with van der Waals surface area (Å²) in [5, 5.41) is 3.32. The van der Waals surface area contributed by atoms with Gasteiger partial charge in [0.1, 0.15) is 0 Å². The molecular formula is C13H25N3O3. The van der Waals surface area contributed by atoms with E-state index in [4.69, 9.17) is 9.47 Å². The van der Waals surface area contributed by atoms with E-state index < -0.39 is 0 Å². The van der Waals surface area contributed by atoms with E-state index in [9.17, 15) is 4.79 Å². The van der Waals surface area contributed by atoms with Crippen molar-refractivity contribution in [2.45, 2.75) is 12.5 Å². The Morgan fingerprint density at radius 1 is 1.26 bits per heavy atom. The molecule has 110 valence electrons. The summed E-state index contributed by atoms with van der Waals surface area (Å²) < 4.78 is 10.9. The molecule has 0 aromatic heterocycles. The maximum absolute atomic E-state index is 11.9. The van der Waals surface area contributed by atoms with E-state index >= 15 is 0 Å². The van der Waals surface area contributed by atoms with Gasteiger partial charge in [-0.15, -0.1) is 0 Å². The number of amides is 1. The quantitative estimate of drug-likeness (QED) is 0.661. The van der Waals surface area contributed by atoms with Crippen LogP contribution in [-0.4, -0.2) is 87.9 Å². The first kappa shape index (κ1) is 14.7. The van der Waals surface area contributed by atoms with Gasteiger partial charge in [-0.2, -0.15) is 0 Å². The Bertz CT molecular complexity index is 282. The van der Waals surface area contributed by atoms with Crippen LogP contribution in [0.25, 0.3) is 0 Å². The number of morpholine rings is 2. The van der Waals surface area contributed by atoms with Gasteiger partial charge >= 0.3 is 0 Å². The van der Waals surface area contributed by atoms with E-state index in [1.54, 1.807) is 0 Å². The second kappa shape index (κ2) is 7.79. The van der Waals surface area contributed by atoms with Crippen molar-refractivity contribution in [1.82, 2.24) is 15.1 Å². The van der Waals surface area contributed by atoms with Gasteiger partial charge in [-0.3, -0.25) is 4.79 Å². The van der Waals surface area contributed by atoms with Crippen LogP contribution in [0.15, 0.2) is 0 Å². The minimum absolute atomic E-state index is 0.220. The molecule has 2 heterocycles. The number of carbonyl (C=O) groups is 1. The number of likely N-dealkylation sites (N-methyl/N-ethyl adjacent to an activating group) is 1. The highest BCUT2D eigenvalue weighted by Gasteiger charge is 2.18. The van der Waals surface area contributed by atoms with Crippen LogP contribution in [0.5, 0.6) is 0 Å². The Morgan fingerprint density at radius 2 is 2.05 bits per heavy atom. The molecule has 2 aliphatic rings. The number of hydrogen-bond donors (Lipinski definition) is 1. The van der Waals surface area contributed by atoms with E-state index in [2.05, 4.69) is 17.3 Å². The summed E-state index contributed by atoms with van der Waals surface area (Å²) in [4.78, 5) is 16.0. The van der Waals surface area contributed by atoms with E-state index in [0.29, 0.717) is 19.6 Å². The third-order valence-electron chi connectivity index (χ3n) is 3.59. The summed E-state index contributed by atoms with van der Waals surface area (Å²) >= 11 is 0. The van der Waals surface area contributed by atoms with Crippen molar-refractivity contribution in [2.24, 2.45) is 0 Å². The van der Waals surface area contributed by atoms with Gasteiger partial charge in [0, 0.05) is 45.7 Å². The molecule has 1 atom stereocenters. The second-order valence-electron chi connectivity index (χ2n) is 5.20. The van der Waals surface area contributed by atoms with E-state index in [0.717, 1.165) is 45.9 Å². The largest absolute Gasteiger partial charge is 0.378 e. The second-order valence-corrected chi connectivity index (χ2v) is 5.20. The normalized spacial score (nSPS) is 25.5. The lowest BCUT2D eigenvalue weighted by Crippen LogP contribution is -2.45. The number of carbonyl (C=O) groups excluding carboxylic acids is 1. The average Bonchev–Trinajstić information content (AvgIpc) is 2.44. The first-order chi connectivity index (χ1) is 9.25. The van der Waals surface area contributed by atoms with Crippen LogP contribution in [-0.2, 0) is 14.3 Å². The number of nitrogens with one attached hydrogen (secondary N) is 1. The Kier molecular flexibility index (Phi) is 6.03. The molecule has 6 heteroatoms. The molecule has 0 aromatic carbocycles. The summed E-state index contributed by atoms with van der Waals surface area (Å²) in [5.74, 6) is 0.220. The van der Waals surface area contributed by atoms with Crippen LogP contribution in [0.2, 0.25) is 0 Å². The first-order valence-corrected chi connectivity index (χ1v) is 7.12. The fourth-order valence-electron chi connectivity index (χ4n) is 2.42. The lowest BCUT2D eigenvalue weighted by molar-refractivity contribution is -0.135. The average molecular weight is 271 g/mol. The molecule has 0 aliphatic carbocycles. The van der Waals surface area contributed by atoms with Gasteiger partial charge in [0.25, 0.3) is 0 Å². The standard InChI is InChI=1S/C13H25N3O3/c1-15-4-9-19-12(11-15)10-14-3-2-13(17)16-5-7-18-8-6-16/h12,14H,2-11H2,1H3/t12-/m0/s1. The predicted molar refractivity (Wildman–Crippen MR) is 72.1 cm³/mol. The molecule has 19 heavy (non-hydrogen) atoms. The van der Waals surface area contributed by atoms with Crippen LogP contribution in [0.4, 0.5) is 0 Å². The molecule has 6 nitrogen and oxygen atoms in total. The minimum atomic E-state index is 0.220. The fourth-order valence-corrected chi connectivity index (χ4v) is 2.42. The first-order valence-electron chi connectivity index (χ1n) is 7.12. The molecule has 0 bridgehead atoms. The van der Waals surface area contributed by atoms with Crippen LogP contribution in [0.3, 0.4) is 0 Å². The van der Waals surface area contributed by atoms with Crippen LogP contribution < -0.4 is 5.32 Å². The Labute approximate surface area is 115 Å². The zero-order valence-corrected chi connectivity index (χ0v) is 11.8. The molecule has 2 rings (SSSR count). The zero-order chi connectivity index (χ0) is 13.5. The summed E-state index contributed by atoms with van der Waals surface area (Å²) in [7, 11) is 2.11. The Morgan fingerprint density at radius 3 is 2.79 bits per heavy atom. The number of rotatable bonds is 5. The van der Waals surface area contributed by atoms with Gasteiger partial charge in [0.15, 0.2) is 0 Å². The van der Waals surface area contributed by atoms with Gasteiger partial charge in [0.05, 0.1) is 25.9 Å². The molecule has 2 aliphatic heterocycles. The van der Waals surface area contributed by atoms with E-state index in [-0.39, 0.29) is 12.0 Å². The fraction of sp³-hybridized carbons (Fsp3) is 0.923. The molecule has 0 radical (unpaired) electrons. The molecule has 0 saturated carbocycles. The smallest absolute Gasteiger partial charge is 0.224 e. The van der Waals surface area contributed by atoms with Crippen molar-refractivity contribution in [2.75, 3.05) is 66.1 Å². The van der Waals surface area contributed by atoms with E-state index in [1.165, 1.54) is 0 Å². The van der Waals surface area contributed by atoms with Crippen molar-refractivity contribution in [3.05, 3.63) is 0 Å². The highest BCUT2D eigenvalue weighted by atomic mass is 16.5. The van der Waals surface area contributed by atoms with Crippen LogP contribution in [0, 0.1) is 0 Å². The molecule has 0 spiro atoms. The number of ether oxygens (including phenoxy) is 2. The molecule has 2 saturated heterocycles. The molecule has 2 fully saturated rings. The summed E-state index contributed by atoms with van der Waals surface area (Å²) in [6.45, 7) is 7.11. The SMILES string of the molecule is CN1CCO[C@@H](CNCCC(=O)N2CCOCC2)C1. The minimum Gasteiger partial charge on any atom is -0.378 e. The zero-order valence-electron chi connectivity index (χ0n) is 11.8. The third kappa shape index (κ3) is 5.06. The van der Waals surface area contributed by atoms with Crippen molar-refractivity contribution in [3.63, 3.8) is 0 Å². The van der Waals surface area contributed by atoms with Gasteiger partial charge in [-0.1, -0.05) is 0 Å². The molecule has 1 amide bonds. The maximum atomic E-state index is 11.9.